The molecule has 0 aromatic heterocycles. The molecule has 0 heterocycles. The van der Waals surface area contributed by atoms with Crippen molar-refractivity contribution in [3.63, 3.8) is 0 Å². The fourth-order valence-corrected chi connectivity index (χ4v) is 4.94. The van der Waals surface area contributed by atoms with Gasteiger partial charge in [-0.25, -0.2) is 8.42 Å². The van der Waals surface area contributed by atoms with E-state index in [1.165, 1.54) is 4.90 Å². The van der Waals surface area contributed by atoms with Crippen LogP contribution in [-0.2, 0) is 32.8 Å². The standard InChI is InChI=1S/C31H39N3O5S/c1-23-12-10-11-15-26(23)20-33(24(2)30(36)32-31(3,4)5)29(35)21-34(40(6,37)38)27-16-18-28(19-17-27)39-22-25-13-8-7-9-14-25/h7-19,24H,20-22H2,1-6H3,(H,32,36)/t24-/m0/s1. The maximum absolute atomic E-state index is 13.7. The number of carbonyl (C=O) groups is 2. The minimum atomic E-state index is -3.83. The lowest BCUT2D eigenvalue weighted by atomic mass is 10.1. The van der Waals surface area contributed by atoms with Gasteiger partial charge in [0.15, 0.2) is 0 Å². The summed E-state index contributed by atoms with van der Waals surface area (Å²) in [5.41, 5.74) is 2.68. The van der Waals surface area contributed by atoms with Crippen molar-refractivity contribution in [1.82, 2.24) is 10.2 Å². The first-order chi connectivity index (χ1) is 18.7. The second kappa shape index (κ2) is 13.0. The second-order valence-electron chi connectivity index (χ2n) is 10.9. The predicted molar refractivity (Wildman–Crippen MR) is 158 cm³/mol. The molecule has 9 heteroatoms. The Morgan fingerprint density at radius 3 is 2.10 bits per heavy atom. The van der Waals surface area contributed by atoms with Crippen molar-refractivity contribution in [3.8, 4) is 5.75 Å². The molecule has 0 spiro atoms. The number of nitrogens with zero attached hydrogens (tertiary/aromatic N) is 2. The van der Waals surface area contributed by atoms with Crippen LogP contribution in [0.2, 0.25) is 0 Å². The number of hydrogen-bond acceptors (Lipinski definition) is 5. The Balaban J connectivity index is 1.84. The van der Waals surface area contributed by atoms with Gasteiger partial charge in [-0.05, 0) is 75.6 Å². The molecule has 214 valence electrons. The summed E-state index contributed by atoms with van der Waals surface area (Å²) in [4.78, 5) is 28.3. The largest absolute Gasteiger partial charge is 0.489 e. The number of sulfonamides is 1. The maximum Gasteiger partial charge on any atom is 0.244 e. The highest BCUT2D eigenvalue weighted by atomic mass is 32.2. The first-order valence-electron chi connectivity index (χ1n) is 13.1. The SMILES string of the molecule is Cc1ccccc1CN(C(=O)CN(c1ccc(OCc2ccccc2)cc1)S(C)(=O)=O)[C@@H](C)C(=O)NC(C)(C)C. The minimum Gasteiger partial charge on any atom is -0.489 e. The van der Waals surface area contributed by atoms with Gasteiger partial charge in [-0.2, -0.15) is 0 Å². The van der Waals surface area contributed by atoms with E-state index >= 15 is 0 Å². The Bertz CT molecular complexity index is 1400. The van der Waals surface area contributed by atoms with Gasteiger partial charge in [-0.1, -0.05) is 54.6 Å². The van der Waals surface area contributed by atoms with Crippen LogP contribution in [0.15, 0.2) is 78.9 Å². The number of nitrogens with one attached hydrogen (secondary N) is 1. The molecule has 0 aliphatic heterocycles. The Morgan fingerprint density at radius 1 is 0.925 bits per heavy atom. The van der Waals surface area contributed by atoms with Crippen molar-refractivity contribution in [2.45, 2.75) is 59.4 Å². The zero-order valence-electron chi connectivity index (χ0n) is 24.0. The topological polar surface area (TPSA) is 96.0 Å². The number of anilines is 1. The van der Waals surface area contributed by atoms with Gasteiger partial charge in [0, 0.05) is 12.1 Å². The summed E-state index contributed by atoms with van der Waals surface area (Å²) in [6, 6.07) is 23.0. The number of aryl methyl sites for hydroxylation is 1. The quantitative estimate of drug-likeness (QED) is 0.365. The van der Waals surface area contributed by atoms with Crippen LogP contribution >= 0.6 is 0 Å². The van der Waals surface area contributed by atoms with Crippen LogP contribution < -0.4 is 14.4 Å². The second-order valence-corrected chi connectivity index (χ2v) is 12.8. The molecule has 1 N–H and O–H groups in total. The van der Waals surface area contributed by atoms with Gasteiger partial charge in [0.1, 0.15) is 24.9 Å². The highest BCUT2D eigenvalue weighted by Crippen LogP contribution is 2.23. The average Bonchev–Trinajstić information content (AvgIpc) is 2.89. The maximum atomic E-state index is 13.7. The number of rotatable bonds is 11. The zero-order chi connectivity index (χ0) is 29.5. The van der Waals surface area contributed by atoms with Crippen LogP contribution in [0.5, 0.6) is 5.75 Å². The molecule has 2 amide bonds. The Morgan fingerprint density at radius 2 is 1.52 bits per heavy atom. The number of carbonyl (C=O) groups excluding carboxylic acids is 2. The molecule has 0 saturated heterocycles. The summed E-state index contributed by atoms with van der Waals surface area (Å²) >= 11 is 0. The molecule has 1 atom stereocenters. The third-order valence-electron chi connectivity index (χ3n) is 6.32. The van der Waals surface area contributed by atoms with Gasteiger partial charge < -0.3 is 15.0 Å². The Labute approximate surface area is 238 Å². The van der Waals surface area contributed by atoms with Crippen molar-refractivity contribution in [1.29, 1.82) is 0 Å². The molecule has 0 fully saturated rings. The lowest BCUT2D eigenvalue weighted by Crippen LogP contribution is -2.54. The summed E-state index contributed by atoms with van der Waals surface area (Å²) in [6.45, 7) is 9.26. The van der Waals surface area contributed by atoms with Crippen molar-refractivity contribution in [3.05, 3.63) is 95.6 Å². The molecule has 0 bridgehead atoms. The Hall–Kier alpha value is -3.85. The molecular weight excluding hydrogens is 526 g/mol. The van der Waals surface area contributed by atoms with E-state index in [9.17, 15) is 18.0 Å². The van der Waals surface area contributed by atoms with Gasteiger partial charge in [0.05, 0.1) is 11.9 Å². The van der Waals surface area contributed by atoms with Crippen molar-refractivity contribution >= 4 is 27.5 Å². The molecule has 3 rings (SSSR count). The third-order valence-corrected chi connectivity index (χ3v) is 7.46. The summed E-state index contributed by atoms with van der Waals surface area (Å²) in [5.74, 6) is -0.240. The van der Waals surface area contributed by atoms with E-state index in [2.05, 4.69) is 5.32 Å². The lowest BCUT2D eigenvalue weighted by molar-refractivity contribution is -0.140. The molecule has 0 saturated carbocycles. The molecule has 0 aliphatic rings. The number of ether oxygens (including phenoxy) is 1. The van der Waals surface area contributed by atoms with Crippen LogP contribution in [0.25, 0.3) is 0 Å². The number of benzene rings is 3. The van der Waals surface area contributed by atoms with Gasteiger partial charge in [0.25, 0.3) is 0 Å². The minimum absolute atomic E-state index is 0.161. The lowest BCUT2D eigenvalue weighted by Gasteiger charge is -2.33. The summed E-state index contributed by atoms with van der Waals surface area (Å²) in [5, 5.41) is 2.92. The fraction of sp³-hybridized carbons (Fsp3) is 0.355. The Kier molecular flexibility index (Phi) is 9.98. The van der Waals surface area contributed by atoms with Crippen LogP contribution in [0, 0.1) is 6.92 Å². The highest BCUT2D eigenvalue weighted by Gasteiger charge is 2.31. The van der Waals surface area contributed by atoms with Crippen LogP contribution in [-0.4, -0.2) is 49.5 Å². The van der Waals surface area contributed by atoms with E-state index in [-0.39, 0.29) is 12.5 Å². The molecule has 0 radical (unpaired) electrons. The first kappa shape index (κ1) is 30.7. The van der Waals surface area contributed by atoms with Crippen LogP contribution in [0.4, 0.5) is 5.69 Å². The van der Waals surface area contributed by atoms with Gasteiger partial charge in [-0.15, -0.1) is 0 Å². The number of hydrogen-bond donors (Lipinski definition) is 1. The third kappa shape index (κ3) is 8.84. The van der Waals surface area contributed by atoms with Gasteiger partial charge in [0.2, 0.25) is 21.8 Å². The van der Waals surface area contributed by atoms with E-state index in [1.54, 1.807) is 31.2 Å². The zero-order valence-corrected chi connectivity index (χ0v) is 24.9. The molecule has 3 aromatic rings. The van der Waals surface area contributed by atoms with Crippen LogP contribution in [0.3, 0.4) is 0 Å². The predicted octanol–water partition coefficient (Wildman–Crippen LogP) is 4.67. The summed E-state index contributed by atoms with van der Waals surface area (Å²) in [7, 11) is -3.83. The summed E-state index contributed by atoms with van der Waals surface area (Å²) in [6.07, 6.45) is 1.06. The average molecular weight is 566 g/mol. The molecule has 8 nitrogen and oxygen atoms in total. The van der Waals surface area contributed by atoms with E-state index < -0.39 is 34.1 Å². The highest BCUT2D eigenvalue weighted by molar-refractivity contribution is 7.92. The smallest absolute Gasteiger partial charge is 0.244 e. The van der Waals surface area contributed by atoms with E-state index in [4.69, 9.17) is 4.74 Å². The summed E-state index contributed by atoms with van der Waals surface area (Å²) < 4.78 is 32.5. The molecule has 3 aromatic carbocycles. The van der Waals surface area contributed by atoms with E-state index in [1.807, 2.05) is 82.3 Å². The number of amides is 2. The van der Waals surface area contributed by atoms with Gasteiger partial charge >= 0.3 is 0 Å². The molecule has 0 unspecified atom stereocenters. The van der Waals surface area contributed by atoms with E-state index in [0.29, 0.717) is 18.0 Å². The van der Waals surface area contributed by atoms with Crippen molar-refractivity contribution in [2.75, 3.05) is 17.1 Å². The van der Waals surface area contributed by atoms with Crippen molar-refractivity contribution in [2.24, 2.45) is 0 Å². The molecule has 40 heavy (non-hydrogen) atoms. The van der Waals surface area contributed by atoms with E-state index in [0.717, 1.165) is 27.3 Å². The monoisotopic (exact) mass is 565 g/mol. The molecule has 0 aliphatic carbocycles. The van der Waals surface area contributed by atoms with Crippen LogP contribution in [0.1, 0.15) is 44.4 Å². The normalized spacial score (nSPS) is 12.3. The first-order valence-corrected chi connectivity index (χ1v) is 15.0. The van der Waals surface area contributed by atoms with Gasteiger partial charge in [-0.3, -0.25) is 13.9 Å². The fourth-order valence-electron chi connectivity index (χ4n) is 4.09. The molecular formula is C31H39N3O5S. The van der Waals surface area contributed by atoms with Crippen molar-refractivity contribution < 1.29 is 22.7 Å².